The zero-order valence-electron chi connectivity index (χ0n) is 11.4. The van der Waals surface area contributed by atoms with Gasteiger partial charge in [0.15, 0.2) is 0 Å². The normalized spacial score (nSPS) is 12.9. The molecule has 0 fully saturated rings. The highest BCUT2D eigenvalue weighted by atomic mass is 14.2. The van der Waals surface area contributed by atoms with E-state index in [1.807, 2.05) is 0 Å². The third kappa shape index (κ3) is 2.09. The highest BCUT2D eigenvalue weighted by Gasteiger charge is 2.13. The van der Waals surface area contributed by atoms with E-state index in [1.165, 1.54) is 22.8 Å². The topological polar surface area (TPSA) is 0 Å². The second kappa shape index (κ2) is 4.91. The molecule has 0 aliphatic rings. The Morgan fingerprint density at radius 3 is 2.47 bits per heavy atom. The van der Waals surface area contributed by atoms with Crippen molar-refractivity contribution < 1.29 is 0 Å². The molecule has 0 saturated carbocycles. The van der Waals surface area contributed by atoms with Gasteiger partial charge in [0, 0.05) is 0 Å². The zero-order valence-corrected chi connectivity index (χ0v) is 11.4. The summed E-state index contributed by atoms with van der Waals surface area (Å²) in [5.41, 5.74) is 4.58. The minimum Gasteiger partial charge on any atom is -0.0648 e. The fourth-order valence-corrected chi connectivity index (χ4v) is 2.86. The van der Waals surface area contributed by atoms with E-state index in [9.17, 15) is 0 Å². The standard InChI is InChI=1S/C17H22/c1-5-12(3)17-13(4)11-14-9-7-8-10-16(14)15(17)6-2/h7-12H,5-6H2,1-4H3. The van der Waals surface area contributed by atoms with E-state index in [1.54, 1.807) is 11.1 Å². The molecule has 2 aromatic rings. The van der Waals surface area contributed by atoms with Crippen LogP contribution in [0.15, 0.2) is 30.3 Å². The van der Waals surface area contributed by atoms with Crippen LogP contribution in [-0.4, -0.2) is 0 Å². The number of hydrogen-bond acceptors (Lipinski definition) is 0. The maximum Gasteiger partial charge on any atom is -0.0149 e. The Balaban J connectivity index is 2.78. The van der Waals surface area contributed by atoms with Crippen molar-refractivity contribution in [3.05, 3.63) is 47.0 Å². The molecule has 90 valence electrons. The van der Waals surface area contributed by atoms with E-state index in [0.717, 1.165) is 6.42 Å². The van der Waals surface area contributed by atoms with E-state index in [4.69, 9.17) is 0 Å². The quantitative estimate of drug-likeness (QED) is 0.672. The van der Waals surface area contributed by atoms with Crippen molar-refractivity contribution in [3.63, 3.8) is 0 Å². The van der Waals surface area contributed by atoms with Crippen LogP contribution >= 0.6 is 0 Å². The molecule has 0 heterocycles. The molecular formula is C17H22. The van der Waals surface area contributed by atoms with Gasteiger partial charge < -0.3 is 0 Å². The molecule has 0 aliphatic carbocycles. The Morgan fingerprint density at radius 1 is 1.12 bits per heavy atom. The third-order valence-corrected chi connectivity index (χ3v) is 3.87. The molecule has 17 heavy (non-hydrogen) atoms. The van der Waals surface area contributed by atoms with Crippen LogP contribution in [0.25, 0.3) is 10.8 Å². The van der Waals surface area contributed by atoms with Gasteiger partial charge in [-0.25, -0.2) is 0 Å². The first-order valence-corrected chi connectivity index (χ1v) is 6.70. The van der Waals surface area contributed by atoms with Crippen molar-refractivity contribution in [1.82, 2.24) is 0 Å². The second-order valence-corrected chi connectivity index (χ2v) is 4.97. The number of fused-ring (bicyclic) bond motifs is 1. The Morgan fingerprint density at radius 2 is 1.82 bits per heavy atom. The van der Waals surface area contributed by atoms with Crippen molar-refractivity contribution in [2.24, 2.45) is 0 Å². The van der Waals surface area contributed by atoms with Crippen molar-refractivity contribution in [2.75, 3.05) is 0 Å². The summed E-state index contributed by atoms with van der Waals surface area (Å²) in [5.74, 6) is 0.662. The highest BCUT2D eigenvalue weighted by molar-refractivity contribution is 5.88. The Labute approximate surface area is 105 Å². The molecule has 1 unspecified atom stereocenters. The smallest absolute Gasteiger partial charge is 0.0149 e. The predicted molar refractivity (Wildman–Crippen MR) is 76.8 cm³/mol. The van der Waals surface area contributed by atoms with Crippen molar-refractivity contribution >= 4 is 10.8 Å². The van der Waals surface area contributed by atoms with Crippen molar-refractivity contribution in [1.29, 1.82) is 0 Å². The van der Waals surface area contributed by atoms with Gasteiger partial charge in [0.25, 0.3) is 0 Å². The van der Waals surface area contributed by atoms with E-state index >= 15 is 0 Å². The number of aryl methyl sites for hydroxylation is 2. The summed E-state index contributed by atoms with van der Waals surface area (Å²) in [4.78, 5) is 0. The van der Waals surface area contributed by atoms with Crippen LogP contribution in [0.3, 0.4) is 0 Å². The van der Waals surface area contributed by atoms with Gasteiger partial charge in [-0.1, -0.05) is 51.1 Å². The lowest BCUT2D eigenvalue weighted by atomic mass is 9.85. The summed E-state index contributed by atoms with van der Waals surface area (Å²) in [7, 11) is 0. The predicted octanol–water partition coefficient (Wildman–Crippen LogP) is 5.22. The molecular weight excluding hydrogens is 204 g/mol. The fourth-order valence-electron chi connectivity index (χ4n) is 2.86. The lowest BCUT2D eigenvalue weighted by molar-refractivity contribution is 0.720. The zero-order chi connectivity index (χ0) is 12.4. The number of hydrogen-bond donors (Lipinski definition) is 0. The molecule has 0 nitrogen and oxygen atoms in total. The molecule has 0 bridgehead atoms. The molecule has 0 radical (unpaired) electrons. The summed E-state index contributed by atoms with van der Waals surface area (Å²) >= 11 is 0. The summed E-state index contributed by atoms with van der Waals surface area (Å²) < 4.78 is 0. The minimum absolute atomic E-state index is 0.662. The van der Waals surface area contributed by atoms with E-state index in [-0.39, 0.29) is 0 Å². The molecule has 2 rings (SSSR count). The first-order chi connectivity index (χ1) is 8.19. The lowest BCUT2D eigenvalue weighted by Gasteiger charge is -2.19. The van der Waals surface area contributed by atoms with Crippen LogP contribution in [-0.2, 0) is 6.42 Å². The van der Waals surface area contributed by atoms with Crippen LogP contribution in [0.2, 0.25) is 0 Å². The van der Waals surface area contributed by atoms with Gasteiger partial charge >= 0.3 is 0 Å². The van der Waals surface area contributed by atoms with Crippen LogP contribution in [0.5, 0.6) is 0 Å². The largest absolute Gasteiger partial charge is 0.0648 e. The minimum atomic E-state index is 0.662. The second-order valence-electron chi connectivity index (χ2n) is 4.97. The summed E-state index contributed by atoms with van der Waals surface area (Å²) in [6.45, 7) is 9.15. The Kier molecular flexibility index (Phi) is 3.51. The maximum absolute atomic E-state index is 2.34. The van der Waals surface area contributed by atoms with Crippen molar-refractivity contribution in [2.45, 2.75) is 46.5 Å². The van der Waals surface area contributed by atoms with Crippen molar-refractivity contribution in [3.8, 4) is 0 Å². The molecule has 0 heteroatoms. The van der Waals surface area contributed by atoms with E-state index in [0.29, 0.717) is 5.92 Å². The van der Waals surface area contributed by atoms with Gasteiger partial charge in [0.05, 0.1) is 0 Å². The molecule has 0 aromatic heterocycles. The molecule has 0 N–H and O–H groups in total. The molecule has 0 aliphatic heterocycles. The van der Waals surface area contributed by atoms with Gasteiger partial charge in [0.2, 0.25) is 0 Å². The van der Waals surface area contributed by atoms with Gasteiger partial charge in [-0.05, 0) is 53.1 Å². The first-order valence-electron chi connectivity index (χ1n) is 6.70. The number of benzene rings is 2. The summed E-state index contributed by atoms with van der Waals surface area (Å²) in [6, 6.07) is 11.1. The SMILES string of the molecule is CCc1c(C(C)CC)c(C)cc2ccccc12. The van der Waals surface area contributed by atoms with Gasteiger partial charge in [-0.2, -0.15) is 0 Å². The molecule has 0 saturated heterocycles. The summed E-state index contributed by atoms with van der Waals surface area (Å²) in [5, 5.41) is 2.82. The molecule has 0 spiro atoms. The third-order valence-electron chi connectivity index (χ3n) is 3.87. The van der Waals surface area contributed by atoms with Crippen LogP contribution in [0.1, 0.15) is 49.8 Å². The molecule has 0 amide bonds. The average Bonchev–Trinajstić information content (AvgIpc) is 2.36. The molecule has 1 atom stereocenters. The van der Waals surface area contributed by atoms with E-state index in [2.05, 4.69) is 58.0 Å². The lowest BCUT2D eigenvalue weighted by Crippen LogP contribution is -2.02. The Bertz CT molecular complexity index is 523. The van der Waals surface area contributed by atoms with Gasteiger partial charge in [-0.3, -0.25) is 0 Å². The highest BCUT2D eigenvalue weighted by Crippen LogP contribution is 2.32. The van der Waals surface area contributed by atoms with Gasteiger partial charge in [0.1, 0.15) is 0 Å². The Hall–Kier alpha value is -1.30. The fraction of sp³-hybridized carbons (Fsp3) is 0.412. The number of rotatable bonds is 3. The first kappa shape index (κ1) is 12.2. The monoisotopic (exact) mass is 226 g/mol. The molecule has 2 aromatic carbocycles. The van der Waals surface area contributed by atoms with Crippen LogP contribution in [0, 0.1) is 6.92 Å². The summed E-state index contributed by atoms with van der Waals surface area (Å²) in [6.07, 6.45) is 2.34. The van der Waals surface area contributed by atoms with Crippen LogP contribution < -0.4 is 0 Å². The van der Waals surface area contributed by atoms with Crippen LogP contribution in [0.4, 0.5) is 0 Å². The van der Waals surface area contributed by atoms with E-state index < -0.39 is 0 Å². The van der Waals surface area contributed by atoms with Gasteiger partial charge in [-0.15, -0.1) is 0 Å². The maximum atomic E-state index is 2.34. The average molecular weight is 226 g/mol.